The highest BCUT2D eigenvalue weighted by molar-refractivity contribution is 5.95. The molecule has 1 rings (SSSR count). The average Bonchev–Trinajstić information content (AvgIpc) is 2.30. The third-order valence-corrected chi connectivity index (χ3v) is 2.47. The van der Waals surface area contributed by atoms with Crippen LogP contribution >= 0.6 is 12.4 Å². The number of carbonyl (C=O) groups is 1. The van der Waals surface area contributed by atoms with Gasteiger partial charge in [-0.1, -0.05) is 13.0 Å². The number of nitro groups is 1. The van der Waals surface area contributed by atoms with Gasteiger partial charge in [0.2, 0.25) is 5.91 Å². The van der Waals surface area contributed by atoms with Crippen molar-refractivity contribution in [3.05, 3.63) is 33.9 Å². The molecular weight excluding hydrogens is 258 g/mol. The highest BCUT2D eigenvalue weighted by Gasteiger charge is 2.14. The molecule has 0 aliphatic carbocycles. The van der Waals surface area contributed by atoms with Crippen molar-refractivity contribution in [3.63, 3.8) is 0 Å². The Labute approximate surface area is 111 Å². The van der Waals surface area contributed by atoms with Crippen LogP contribution < -0.4 is 11.1 Å². The molecule has 0 fully saturated rings. The highest BCUT2D eigenvalue weighted by atomic mass is 35.5. The lowest BCUT2D eigenvalue weighted by atomic mass is 10.1. The van der Waals surface area contributed by atoms with E-state index < -0.39 is 11.0 Å². The van der Waals surface area contributed by atoms with Crippen LogP contribution in [-0.2, 0) is 4.79 Å². The van der Waals surface area contributed by atoms with Gasteiger partial charge in [-0.05, 0) is 18.9 Å². The lowest BCUT2D eigenvalue weighted by molar-refractivity contribution is -0.384. The normalized spacial score (nSPS) is 11.3. The summed E-state index contributed by atoms with van der Waals surface area (Å²) >= 11 is 0. The summed E-state index contributed by atoms with van der Waals surface area (Å²) in [4.78, 5) is 21.7. The van der Waals surface area contributed by atoms with Crippen molar-refractivity contribution >= 4 is 29.7 Å². The maximum absolute atomic E-state index is 11.6. The maximum Gasteiger partial charge on any atom is 0.271 e. The van der Waals surface area contributed by atoms with Gasteiger partial charge < -0.3 is 11.1 Å². The topological polar surface area (TPSA) is 98.3 Å². The summed E-state index contributed by atoms with van der Waals surface area (Å²) in [5.41, 5.74) is 6.69. The second-order valence-corrected chi connectivity index (χ2v) is 3.76. The summed E-state index contributed by atoms with van der Waals surface area (Å²) in [5, 5.41) is 13.2. The average molecular weight is 274 g/mol. The van der Waals surface area contributed by atoms with Crippen molar-refractivity contribution < 1.29 is 9.72 Å². The Morgan fingerprint density at radius 3 is 2.67 bits per heavy atom. The Hall–Kier alpha value is -1.66. The summed E-state index contributed by atoms with van der Waals surface area (Å²) in [5.74, 6) is -0.337. The van der Waals surface area contributed by atoms with E-state index >= 15 is 0 Å². The molecule has 0 radical (unpaired) electrons. The fourth-order valence-corrected chi connectivity index (χ4v) is 1.27. The zero-order valence-corrected chi connectivity index (χ0v) is 11.0. The number of nitrogens with one attached hydrogen (secondary N) is 1. The summed E-state index contributed by atoms with van der Waals surface area (Å²) in [6.45, 7) is 3.56. The molecule has 1 amide bonds. The molecule has 0 saturated heterocycles. The molecule has 0 bridgehead atoms. The first kappa shape index (κ1) is 16.3. The number of anilines is 1. The van der Waals surface area contributed by atoms with E-state index in [9.17, 15) is 14.9 Å². The summed E-state index contributed by atoms with van der Waals surface area (Å²) in [6.07, 6.45) is 0.514. The molecule has 1 aromatic carbocycles. The van der Waals surface area contributed by atoms with Crippen molar-refractivity contribution in [1.29, 1.82) is 0 Å². The number of nitro benzene ring substituents is 1. The van der Waals surface area contributed by atoms with Crippen LogP contribution in [0.15, 0.2) is 18.2 Å². The van der Waals surface area contributed by atoms with E-state index in [1.165, 1.54) is 12.1 Å². The molecule has 0 aliphatic heterocycles. The van der Waals surface area contributed by atoms with Crippen LogP contribution in [0.2, 0.25) is 0 Å². The van der Waals surface area contributed by atoms with E-state index in [1.807, 2.05) is 0 Å². The number of nitrogens with two attached hydrogens (primary N) is 1. The van der Waals surface area contributed by atoms with E-state index in [2.05, 4.69) is 5.32 Å². The van der Waals surface area contributed by atoms with Gasteiger partial charge in [0.15, 0.2) is 0 Å². The van der Waals surface area contributed by atoms with Crippen LogP contribution in [0.5, 0.6) is 0 Å². The van der Waals surface area contributed by atoms with Gasteiger partial charge in [-0.15, -0.1) is 12.4 Å². The summed E-state index contributed by atoms with van der Waals surface area (Å²) in [7, 11) is 0. The fourth-order valence-electron chi connectivity index (χ4n) is 1.27. The number of hydrogen-bond acceptors (Lipinski definition) is 4. The molecule has 100 valence electrons. The number of halogens is 1. The van der Waals surface area contributed by atoms with Gasteiger partial charge in [0.05, 0.1) is 16.7 Å². The third-order valence-electron chi connectivity index (χ3n) is 2.47. The molecule has 6 nitrogen and oxygen atoms in total. The SMILES string of the molecule is CC[C@H](N)C(=O)Nc1cc([N+](=O)[O-])ccc1C.Cl. The van der Waals surface area contributed by atoms with Gasteiger partial charge in [0.1, 0.15) is 0 Å². The van der Waals surface area contributed by atoms with E-state index in [1.54, 1.807) is 19.9 Å². The van der Waals surface area contributed by atoms with E-state index in [-0.39, 0.29) is 24.0 Å². The van der Waals surface area contributed by atoms with Crippen LogP contribution in [0.25, 0.3) is 0 Å². The van der Waals surface area contributed by atoms with Crippen molar-refractivity contribution in [1.82, 2.24) is 0 Å². The Morgan fingerprint density at radius 2 is 2.17 bits per heavy atom. The van der Waals surface area contributed by atoms with Crippen molar-refractivity contribution in [3.8, 4) is 0 Å². The van der Waals surface area contributed by atoms with Gasteiger partial charge >= 0.3 is 0 Å². The first-order chi connectivity index (χ1) is 7.95. The second-order valence-electron chi connectivity index (χ2n) is 3.76. The molecule has 1 aromatic rings. The Morgan fingerprint density at radius 1 is 1.56 bits per heavy atom. The van der Waals surface area contributed by atoms with Crippen LogP contribution in [0.4, 0.5) is 11.4 Å². The number of aryl methyl sites for hydroxylation is 1. The molecule has 0 heterocycles. The predicted octanol–water partition coefficient (Wildman–Crippen LogP) is 2.00. The maximum atomic E-state index is 11.6. The number of carbonyl (C=O) groups excluding carboxylic acids is 1. The second kappa shape index (κ2) is 6.93. The number of benzene rings is 1. The van der Waals surface area contributed by atoms with Crippen molar-refractivity contribution in [2.75, 3.05) is 5.32 Å². The van der Waals surface area contributed by atoms with E-state index in [0.29, 0.717) is 12.1 Å². The first-order valence-electron chi connectivity index (χ1n) is 5.27. The fraction of sp³-hybridized carbons (Fsp3) is 0.364. The molecular formula is C11H16ClN3O3. The van der Waals surface area contributed by atoms with Crippen molar-refractivity contribution in [2.45, 2.75) is 26.3 Å². The number of non-ortho nitro benzene ring substituents is 1. The lowest BCUT2D eigenvalue weighted by Crippen LogP contribution is -2.35. The number of nitrogens with zero attached hydrogens (tertiary/aromatic N) is 1. The summed E-state index contributed by atoms with van der Waals surface area (Å²) in [6, 6.07) is 3.71. The highest BCUT2D eigenvalue weighted by Crippen LogP contribution is 2.21. The zero-order valence-electron chi connectivity index (χ0n) is 10.2. The van der Waals surface area contributed by atoms with Crippen LogP contribution in [0.1, 0.15) is 18.9 Å². The van der Waals surface area contributed by atoms with Crippen molar-refractivity contribution in [2.24, 2.45) is 5.73 Å². The Kier molecular flexibility index (Phi) is 6.29. The molecule has 0 spiro atoms. The zero-order chi connectivity index (χ0) is 13.0. The third kappa shape index (κ3) is 3.97. The standard InChI is InChI=1S/C11H15N3O3.ClH/c1-3-9(12)11(15)13-10-6-8(14(16)17)5-4-7(10)2;/h4-6,9H,3,12H2,1-2H3,(H,13,15);1H/t9-;/m0./s1. The molecule has 0 saturated carbocycles. The van der Waals surface area contributed by atoms with Gasteiger partial charge in [-0.3, -0.25) is 14.9 Å². The van der Waals surface area contributed by atoms with Gasteiger partial charge in [0.25, 0.3) is 5.69 Å². The van der Waals surface area contributed by atoms with Crippen LogP contribution in [-0.4, -0.2) is 16.9 Å². The lowest BCUT2D eigenvalue weighted by Gasteiger charge is -2.11. The molecule has 3 N–H and O–H groups in total. The Bertz CT molecular complexity index is 451. The molecule has 7 heteroatoms. The quantitative estimate of drug-likeness (QED) is 0.647. The predicted molar refractivity (Wildman–Crippen MR) is 72.0 cm³/mol. The molecule has 0 aromatic heterocycles. The molecule has 1 atom stereocenters. The largest absolute Gasteiger partial charge is 0.324 e. The molecule has 0 unspecified atom stereocenters. The van der Waals surface area contributed by atoms with E-state index in [0.717, 1.165) is 5.56 Å². The molecule has 0 aliphatic rings. The smallest absolute Gasteiger partial charge is 0.271 e. The first-order valence-corrected chi connectivity index (χ1v) is 5.27. The summed E-state index contributed by atoms with van der Waals surface area (Å²) < 4.78 is 0. The number of hydrogen-bond donors (Lipinski definition) is 2. The van der Waals surface area contributed by atoms with E-state index in [4.69, 9.17) is 5.73 Å². The van der Waals surface area contributed by atoms with Gasteiger partial charge in [-0.25, -0.2) is 0 Å². The van der Waals surface area contributed by atoms with Crippen LogP contribution in [0.3, 0.4) is 0 Å². The number of amides is 1. The van der Waals surface area contributed by atoms with Crippen LogP contribution in [0, 0.1) is 17.0 Å². The monoisotopic (exact) mass is 273 g/mol. The minimum atomic E-state index is -0.603. The Balaban J connectivity index is 0.00000289. The van der Waals surface area contributed by atoms with Gasteiger partial charge in [0, 0.05) is 12.1 Å². The molecule has 18 heavy (non-hydrogen) atoms. The minimum absolute atomic E-state index is 0. The minimum Gasteiger partial charge on any atom is -0.324 e. The van der Waals surface area contributed by atoms with Gasteiger partial charge in [-0.2, -0.15) is 0 Å². The number of rotatable bonds is 4.